The fourth-order valence-electron chi connectivity index (χ4n) is 0.583. The topological polar surface area (TPSA) is 86.9 Å². The second-order valence-electron chi connectivity index (χ2n) is 1.77. The first-order chi connectivity index (χ1) is 5.17. The molecule has 0 amide bonds. The van der Waals surface area contributed by atoms with Crippen LogP contribution in [0.25, 0.3) is 0 Å². The van der Waals surface area contributed by atoms with Crippen LogP contribution in [-0.2, 0) is 10.0 Å². The van der Waals surface area contributed by atoms with Crippen LogP contribution in [0, 0.1) is 0 Å². The van der Waals surface area contributed by atoms with Crippen LogP contribution < -0.4 is 10.3 Å². The molecular weight excluding hydrogens is 168 g/mol. The summed E-state index contributed by atoms with van der Waals surface area (Å²) in [5.74, 6) is 0. The van der Waals surface area contributed by atoms with Crippen molar-refractivity contribution in [2.75, 3.05) is 7.05 Å². The number of aromatic nitrogens is 2. The van der Waals surface area contributed by atoms with Gasteiger partial charge in [-0.25, -0.2) is 13.8 Å². The molecule has 0 fully saturated rings. The molecule has 0 aliphatic carbocycles. The van der Waals surface area contributed by atoms with Crippen LogP contribution in [0.2, 0.25) is 0 Å². The molecule has 11 heavy (non-hydrogen) atoms. The van der Waals surface area contributed by atoms with Gasteiger partial charge in [0.1, 0.15) is 0 Å². The summed E-state index contributed by atoms with van der Waals surface area (Å²) in [6.45, 7) is 0. The molecule has 1 heterocycles. The van der Waals surface area contributed by atoms with Crippen LogP contribution in [0.1, 0.15) is 0 Å². The maximum absolute atomic E-state index is 11.0. The third-order valence-electron chi connectivity index (χ3n) is 0.987. The number of hydrogen-bond donors (Lipinski definition) is 3. The number of sulfonamides is 1. The maximum atomic E-state index is 11.0. The zero-order chi connectivity index (χ0) is 8.32. The van der Waals surface area contributed by atoms with E-state index in [2.05, 4.69) is 20.5 Å². The first-order valence-corrected chi connectivity index (χ1v) is 4.33. The summed E-state index contributed by atoms with van der Waals surface area (Å²) in [6, 6.07) is 1.36. The molecular formula is C4H8N4O2S. The van der Waals surface area contributed by atoms with Gasteiger partial charge in [-0.15, -0.1) is 4.83 Å². The Morgan fingerprint density at radius 2 is 2.36 bits per heavy atom. The Morgan fingerprint density at radius 1 is 1.64 bits per heavy atom. The second-order valence-corrected chi connectivity index (χ2v) is 3.40. The Balaban J connectivity index is 2.92. The predicted octanol–water partition coefficient (Wildman–Crippen LogP) is -1.18. The fraction of sp³-hybridized carbons (Fsp3) is 0.250. The summed E-state index contributed by atoms with van der Waals surface area (Å²) in [5.41, 5.74) is 2.30. The number of hydrazine groups is 1. The van der Waals surface area contributed by atoms with E-state index in [1.54, 1.807) is 0 Å². The average molecular weight is 176 g/mol. The average Bonchev–Trinajstić information content (AvgIpc) is 2.37. The molecule has 0 aromatic carbocycles. The number of aromatic amines is 1. The van der Waals surface area contributed by atoms with Crippen molar-refractivity contribution in [1.29, 1.82) is 0 Å². The molecule has 6 nitrogen and oxygen atoms in total. The van der Waals surface area contributed by atoms with E-state index in [1.165, 1.54) is 19.3 Å². The number of nitrogens with zero attached hydrogens (tertiary/aromatic N) is 1. The van der Waals surface area contributed by atoms with Crippen LogP contribution in [0.4, 0.5) is 0 Å². The molecule has 1 aromatic rings. The SMILES string of the molecule is CNNS(=O)(=O)c1cc[nH]n1. The van der Waals surface area contributed by atoms with E-state index in [9.17, 15) is 8.42 Å². The van der Waals surface area contributed by atoms with Gasteiger partial charge in [0.05, 0.1) is 0 Å². The van der Waals surface area contributed by atoms with Gasteiger partial charge in [0.15, 0.2) is 5.03 Å². The molecule has 1 rings (SSSR count). The van der Waals surface area contributed by atoms with Crippen LogP contribution >= 0.6 is 0 Å². The van der Waals surface area contributed by atoms with E-state index in [0.717, 1.165) is 0 Å². The molecule has 3 N–H and O–H groups in total. The summed E-state index contributed by atoms with van der Waals surface area (Å²) >= 11 is 0. The Labute approximate surface area is 64.0 Å². The van der Waals surface area contributed by atoms with Gasteiger partial charge in [-0.2, -0.15) is 5.10 Å². The minimum Gasteiger partial charge on any atom is -0.284 e. The quantitative estimate of drug-likeness (QED) is 0.506. The monoisotopic (exact) mass is 176 g/mol. The number of hydrogen-bond acceptors (Lipinski definition) is 4. The van der Waals surface area contributed by atoms with Crippen LogP contribution in [0.15, 0.2) is 17.3 Å². The van der Waals surface area contributed by atoms with Crippen LogP contribution in [0.5, 0.6) is 0 Å². The highest BCUT2D eigenvalue weighted by Gasteiger charge is 2.13. The first kappa shape index (κ1) is 8.18. The summed E-state index contributed by atoms with van der Waals surface area (Å²) < 4.78 is 22.1. The zero-order valence-corrected chi connectivity index (χ0v) is 6.64. The Bertz CT molecular complexity index is 303. The van der Waals surface area contributed by atoms with Crippen molar-refractivity contribution >= 4 is 10.0 Å². The smallest absolute Gasteiger partial charge is 0.272 e. The third kappa shape index (κ3) is 1.76. The lowest BCUT2D eigenvalue weighted by Crippen LogP contribution is -2.34. The molecule has 0 bridgehead atoms. The molecule has 1 aromatic heterocycles. The van der Waals surface area contributed by atoms with Gasteiger partial charge >= 0.3 is 0 Å². The van der Waals surface area contributed by atoms with Gasteiger partial charge in [0, 0.05) is 6.20 Å². The summed E-state index contributed by atoms with van der Waals surface area (Å²) in [6.07, 6.45) is 1.43. The lowest BCUT2D eigenvalue weighted by molar-refractivity contribution is 0.566. The van der Waals surface area contributed by atoms with E-state index >= 15 is 0 Å². The highest BCUT2D eigenvalue weighted by Crippen LogP contribution is 1.99. The van der Waals surface area contributed by atoms with E-state index in [-0.39, 0.29) is 5.03 Å². The number of nitrogens with one attached hydrogen (secondary N) is 3. The molecule has 7 heteroatoms. The van der Waals surface area contributed by atoms with Crippen LogP contribution in [-0.4, -0.2) is 25.7 Å². The first-order valence-electron chi connectivity index (χ1n) is 2.85. The second kappa shape index (κ2) is 2.99. The molecule has 0 aliphatic heterocycles. The van der Waals surface area contributed by atoms with E-state index in [4.69, 9.17) is 0 Å². The largest absolute Gasteiger partial charge is 0.284 e. The lowest BCUT2D eigenvalue weighted by atomic mass is 10.8. The fourth-order valence-corrected chi connectivity index (χ4v) is 1.38. The van der Waals surface area contributed by atoms with E-state index in [0.29, 0.717) is 0 Å². The van der Waals surface area contributed by atoms with Crippen molar-refractivity contribution in [3.63, 3.8) is 0 Å². The van der Waals surface area contributed by atoms with Crippen molar-refractivity contribution in [1.82, 2.24) is 20.5 Å². The van der Waals surface area contributed by atoms with Crippen molar-refractivity contribution < 1.29 is 8.42 Å². The van der Waals surface area contributed by atoms with Crippen molar-refractivity contribution in [3.05, 3.63) is 12.3 Å². The number of H-pyrrole nitrogens is 1. The predicted molar refractivity (Wildman–Crippen MR) is 38.0 cm³/mol. The molecule has 0 atom stereocenters. The minimum absolute atomic E-state index is 0.0353. The standard InChI is InChI=1S/C4H8N4O2S/c1-5-8-11(9,10)4-2-3-6-7-4/h2-3,5,8H,1H3,(H,6,7). The normalized spacial score (nSPS) is 11.7. The van der Waals surface area contributed by atoms with Crippen molar-refractivity contribution in [2.45, 2.75) is 5.03 Å². The van der Waals surface area contributed by atoms with Gasteiger partial charge in [-0.1, -0.05) is 0 Å². The van der Waals surface area contributed by atoms with E-state index in [1.807, 2.05) is 0 Å². The number of rotatable bonds is 3. The summed E-state index contributed by atoms with van der Waals surface area (Å²) in [7, 11) is -2.01. The van der Waals surface area contributed by atoms with Crippen LogP contribution in [0.3, 0.4) is 0 Å². The molecule has 0 aliphatic rings. The Morgan fingerprint density at radius 3 is 2.82 bits per heavy atom. The van der Waals surface area contributed by atoms with Gasteiger partial charge in [0.2, 0.25) is 0 Å². The Kier molecular flexibility index (Phi) is 2.22. The maximum Gasteiger partial charge on any atom is 0.272 e. The summed E-state index contributed by atoms with van der Waals surface area (Å²) in [5, 5.41) is 5.85. The molecule has 62 valence electrons. The molecule has 0 saturated carbocycles. The van der Waals surface area contributed by atoms with Gasteiger partial charge in [-0.3, -0.25) is 5.10 Å². The van der Waals surface area contributed by atoms with Gasteiger partial charge < -0.3 is 0 Å². The lowest BCUT2D eigenvalue weighted by Gasteiger charge is -1.99. The zero-order valence-electron chi connectivity index (χ0n) is 5.83. The van der Waals surface area contributed by atoms with Crippen molar-refractivity contribution in [3.8, 4) is 0 Å². The summed E-state index contributed by atoms with van der Waals surface area (Å²) in [4.78, 5) is 2.06. The third-order valence-corrected chi connectivity index (χ3v) is 2.24. The van der Waals surface area contributed by atoms with Gasteiger partial charge in [-0.05, 0) is 13.1 Å². The molecule has 0 unspecified atom stereocenters. The Hall–Kier alpha value is -0.920. The highest BCUT2D eigenvalue weighted by molar-refractivity contribution is 7.89. The van der Waals surface area contributed by atoms with Crippen molar-refractivity contribution in [2.24, 2.45) is 0 Å². The molecule has 0 saturated heterocycles. The highest BCUT2D eigenvalue weighted by atomic mass is 32.2. The molecule has 0 radical (unpaired) electrons. The minimum atomic E-state index is -3.47. The van der Waals surface area contributed by atoms with Gasteiger partial charge in [0.25, 0.3) is 10.0 Å². The van der Waals surface area contributed by atoms with E-state index < -0.39 is 10.0 Å². The molecule has 0 spiro atoms.